The fraction of sp³-hybridized carbons (Fsp3) is 0.375. The van der Waals surface area contributed by atoms with Crippen molar-refractivity contribution in [3.8, 4) is 0 Å². The quantitative estimate of drug-likeness (QED) is 0.715. The van der Waals surface area contributed by atoms with Crippen molar-refractivity contribution in [1.82, 2.24) is 4.57 Å². The lowest BCUT2D eigenvalue weighted by Crippen LogP contribution is -2.32. The van der Waals surface area contributed by atoms with Gasteiger partial charge in [-0.1, -0.05) is 24.6 Å². The predicted octanol–water partition coefficient (Wildman–Crippen LogP) is 3.39. The van der Waals surface area contributed by atoms with E-state index in [2.05, 4.69) is 18.3 Å². The lowest BCUT2D eigenvalue weighted by atomic mass is 9.95. The molecule has 1 aromatic heterocycles. The molecular formula is C16H17N2O+. The maximum Gasteiger partial charge on any atom is 0.503 e. The number of hydrogen-bond donors (Lipinski definition) is 0. The molecule has 0 bridgehead atoms. The Balaban J connectivity index is 1.81. The molecule has 0 saturated heterocycles. The van der Waals surface area contributed by atoms with Crippen LogP contribution in [0.25, 0.3) is 10.8 Å². The normalized spacial score (nSPS) is 19.8. The third-order valence-electron chi connectivity index (χ3n) is 4.42. The van der Waals surface area contributed by atoms with Crippen molar-refractivity contribution in [3.63, 3.8) is 0 Å². The van der Waals surface area contributed by atoms with Crippen molar-refractivity contribution in [1.29, 1.82) is 0 Å². The molecule has 1 aromatic carbocycles. The van der Waals surface area contributed by atoms with E-state index < -0.39 is 0 Å². The van der Waals surface area contributed by atoms with Crippen molar-refractivity contribution in [3.05, 3.63) is 36.2 Å². The Morgan fingerprint density at radius 3 is 2.74 bits per heavy atom. The van der Waals surface area contributed by atoms with Crippen LogP contribution < -0.4 is 0 Å². The van der Waals surface area contributed by atoms with E-state index in [-0.39, 0.29) is 6.03 Å². The van der Waals surface area contributed by atoms with Gasteiger partial charge in [0, 0.05) is 10.8 Å². The highest BCUT2D eigenvalue weighted by Gasteiger charge is 2.36. The van der Waals surface area contributed by atoms with Crippen molar-refractivity contribution in [2.24, 2.45) is 0 Å². The molecule has 2 aromatic rings. The van der Waals surface area contributed by atoms with E-state index >= 15 is 0 Å². The van der Waals surface area contributed by atoms with Gasteiger partial charge < -0.3 is 0 Å². The smallest absolute Gasteiger partial charge is 0.196 e. The lowest BCUT2D eigenvalue weighted by molar-refractivity contribution is -0.468. The summed E-state index contributed by atoms with van der Waals surface area (Å²) in [6, 6.07) is 8.73. The monoisotopic (exact) mass is 253 g/mol. The number of amides is 1. The fourth-order valence-electron chi connectivity index (χ4n) is 3.40. The van der Waals surface area contributed by atoms with Crippen LogP contribution in [0.4, 0.5) is 4.79 Å². The van der Waals surface area contributed by atoms with Crippen LogP contribution in [0.2, 0.25) is 0 Å². The van der Waals surface area contributed by atoms with E-state index in [1.807, 2.05) is 22.9 Å². The molecular weight excluding hydrogens is 236 g/mol. The Kier molecular flexibility index (Phi) is 2.34. The Labute approximate surface area is 112 Å². The summed E-state index contributed by atoms with van der Waals surface area (Å²) in [5.74, 6) is 0. The number of nitrogens with zero attached hydrogens (tertiary/aromatic N) is 2. The number of hydrogen-bond acceptors (Lipinski definition) is 1. The first-order valence-electron chi connectivity index (χ1n) is 7.12. The van der Waals surface area contributed by atoms with Crippen LogP contribution >= 0.6 is 0 Å². The van der Waals surface area contributed by atoms with Crippen molar-refractivity contribution in [2.45, 2.75) is 38.1 Å². The summed E-state index contributed by atoms with van der Waals surface area (Å²) in [4.78, 5) is 12.5. The predicted molar refractivity (Wildman–Crippen MR) is 75.0 cm³/mol. The second-order valence-electron chi connectivity index (χ2n) is 5.58. The van der Waals surface area contributed by atoms with Crippen LogP contribution in [-0.2, 0) is 0 Å². The largest absolute Gasteiger partial charge is 0.503 e. The number of aromatic nitrogens is 1. The molecule has 0 atom stereocenters. The van der Waals surface area contributed by atoms with Crippen LogP contribution in [0.15, 0.2) is 30.5 Å². The molecule has 19 heavy (non-hydrogen) atoms. The minimum absolute atomic E-state index is 0.123. The number of carbonyl (C=O) groups is 1. The van der Waals surface area contributed by atoms with Crippen molar-refractivity contribution < 1.29 is 9.37 Å². The van der Waals surface area contributed by atoms with E-state index in [0.29, 0.717) is 6.04 Å². The Morgan fingerprint density at radius 2 is 1.89 bits per heavy atom. The molecule has 1 fully saturated rings. The molecule has 0 unspecified atom stereocenters. The van der Waals surface area contributed by atoms with Gasteiger partial charge in [0.25, 0.3) is 0 Å². The van der Waals surface area contributed by atoms with E-state index in [1.54, 1.807) is 4.57 Å². The van der Waals surface area contributed by atoms with Gasteiger partial charge in [-0.05, 0) is 31.7 Å². The second kappa shape index (κ2) is 4.05. The first-order chi connectivity index (χ1) is 9.34. The zero-order valence-corrected chi connectivity index (χ0v) is 10.9. The van der Waals surface area contributed by atoms with Gasteiger partial charge in [0.15, 0.2) is 5.69 Å². The highest BCUT2D eigenvalue weighted by molar-refractivity contribution is 6.05. The van der Waals surface area contributed by atoms with Gasteiger partial charge in [-0.15, -0.1) is 0 Å². The highest BCUT2D eigenvalue weighted by atomic mass is 16.2. The minimum atomic E-state index is 0.123. The molecule has 2 heterocycles. The summed E-state index contributed by atoms with van der Waals surface area (Å²) < 4.78 is 3.76. The molecule has 0 N–H and O–H groups in total. The maximum atomic E-state index is 12.5. The first-order valence-corrected chi connectivity index (χ1v) is 7.12. The highest BCUT2D eigenvalue weighted by Crippen LogP contribution is 2.27. The Hall–Kier alpha value is -1.90. The van der Waals surface area contributed by atoms with E-state index in [0.717, 1.165) is 23.9 Å². The lowest BCUT2D eigenvalue weighted by Gasteiger charge is -2.19. The SMILES string of the molecule is O=C1n2cc3ccccc3c2C=[N+]1C1CCCCC1. The standard InChI is InChI=1S/C16H17N2O/c19-16-17(13-7-2-1-3-8-13)11-15-14-9-5-4-6-12(14)10-18(15)16/h4-6,9-11,13H,1-3,7-8H2/q+1. The van der Waals surface area contributed by atoms with Crippen molar-refractivity contribution >= 4 is 23.0 Å². The van der Waals surface area contributed by atoms with Gasteiger partial charge in [-0.25, -0.2) is 0 Å². The Bertz CT molecular complexity index is 690. The number of benzene rings is 1. The summed E-state index contributed by atoms with van der Waals surface area (Å²) in [6.07, 6.45) is 10.1. The van der Waals surface area contributed by atoms with E-state index in [4.69, 9.17) is 0 Å². The summed E-state index contributed by atoms with van der Waals surface area (Å²) in [5.41, 5.74) is 1.05. The zero-order valence-electron chi connectivity index (χ0n) is 10.9. The zero-order chi connectivity index (χ0) is 12.8. The Morgan fingerprint density at radius 1 is 1.11 bits per heavy atom. The van der Waals surface area contributed by atoms with Crippen LogP contribution in [0.3, 0.4) is 0 Å². The van der Waals surface area contributed by atoms with Gasteiger partial charge >= 0.3 is 6.03 Å². The molecule has 0 spiro atoms. The topological polar surface area (TPSA) is 25.0 Å². The molecule has 1 saturated carbocycles. The minimum Gasteiger partial charge on any atom is -0.196 e. The molecule has 3 nitrogen and oxygen atoms in total. The number of fused-ring (bicyclic) bond motifs is 3. The van der Waals surface area contributed by atoms with Gasteiger partial charge in [0.1, 0.15) is 18.5 Å². The average Bonchev–Trinajstić information content (AvgIpc) is 2.98. The molecule has 3 heteroatoms. The van der Waals surface area contributed by atoms with Crippen LogP contribution in [0.1, 0.15) is 37.8 Å². The molecule has 2 aliphatic rings. The fourth-order valence-corrected chi connectivity index (χ4v) is 3.40. The summed E-state index contributed by atoms with van der Waals surface area (Å²) in [5, 5.41) is 2.32. The van der Waals surface area contributed by atoms with Gasteiger partial charge in [0.2, 0.25) is 0 Å². The summed E-state index contributed by atoms with van der Waals surface area (Å²) >= 11 is 0. The van der Waals surface area contributed by atoms with Crippen molar-refractivity contribution in [2.75, 3.05) is 0 Å². The number of carbonyl (C=O) groups excluding carboxylic acids is 1. The molecule has 1 aliphatic heterocycles. The maximum absolute atomic E-state index is 12.5. The van der Waals surface area contributed by atoms with E-state index in [1.165, 1.54) is 24.6 Å². The second-order valence-corrected chi connectivity index (χ2v) is 5.58. The van der Waals surface area contributed by atoms with E-state index in [9.17, 15) is 4.79 Å². The molecule has 4 rings (SSSR count). The summed E-state index contributed by atoms with van der Waals surface area (Å²) in [6.45, 7) is 0. The summed E-state index contributed by atoms with van der Waals surface area (Å²) in [7, 11) is 0. The van der Waals surface area contributed by atoms with Gasteiger partial charge in [-0.2, -0.15) is 13.9 Å². The van der Waals surface area contributed by atoms with Crippen LogP contribution in [0.5, 0.6) is 0 Å². The van der Waals surface area contributed by atoms with Crippen LogP contribution in [0, 0.1) is 0 Å². The van der Waals surface area contributed by atoms with Gasteiger partial charge in [-0.3, -0.25) is 0 Å². The third kappa shape index (κ3) is 1.57. The number of rotatable bonds is 1. The molecule has 96 valence electrons. The van der Waals surface area contributed by atoms with Gasteiger partial charge in [0.05, 0.1) is 0 Å². The average molecular weight is 253 g/mol. The molecule has 1 aliphatic carbocycles. The molecule has 1 amide bonds. The molecule has 0 radical (unpaired) electrons. The third-order valence-corrected chi connectivity index (χ3v) is 4.42. The van der Waals surface area contributed by atoms with Crippen LogP contribution in [-0.4, -0.2) is 27.4 Å². The first kappa shape index (κ1) is 11.0.